The molecule has 0 saturated heterocycles. The molecule has 0 aliphatic heterocycles. The number of allylic oxidation sites excluding steroid dienone is 2. The van der Waals surface area contributed by atoms with Gasteiger partial charge in [-0.15, -0.1) is 0 Å². The van der Waals surface area contributed by atoms with Crippen molar-refractivity contribution < 1.29 is 27.5 Å². The van der Waals surface area contributed by atoms with Crippen LogP contribution < -0.4 is 5.32 Å². The first kappa shape index (κ1) is 17.1. The summed E-state index contributed by atoms with van der Waals surface area (Å²) >= 11 is 0. The molecule has 2 atom stereocenters. The zero-order valence-electron chi connectivity index (χ0n) is 12.4. The molecule has 0 bridgehead atoms. The smallest absolute Gasteiger partial charge is 0.310 e. The molecule has 0 aromatic heterocycles. The van der Waals surface area contributed by atoms with Crippen LogP contribution in [-0.4, -0.2) is 18.0 Å². The minimum absolute atomic E-state index is 0.310. The van der Waals surface area contributed by atoms with Gasteiger partial charge in [-0.25, -0.2) is 13.2 Å². The standard InChI is InChI=1S/C16H16F3NO3/c1-9(23-16(22)10-5-3-2-4-6-10)15(21)20-12-8-7-11(17)13(18)14(12)19/h2-3,7-10H,4-6H2,1H3,(H,20,21)/t9-,10-/m1/s1. The van der Waals surface area contributed by atoms with E-state index in [-0.39, 0.29) is 5.92 Å². The number of amides is 1. The third-order valence-electron chi connectivity index (χ3n) is 3.56. The number of esters is 1. The van der Waals surface area contributed by atoms with Gasteiger partial charge in [0.15, 0.2) is 23.6 Å². The van der Waals surface area contributed by atoms with Crippen LogP contribution in [0.3, 0.4) is 0 Å². The summed E-state index contributed by atoms with van der Waals surface area (Å²) in [5.41, 5.74) is -0.516. The normalized spacial score (nSPS) is 18.3. The minimum Gasteiger partial charge on any atom is -0.452 e. The highest BCUT2D eigenvalue weighted by Gasteiger charge is 2.26. The number of rotatable bonds is 4. The molecular formula is C16H16F3NO3. The van der Waals surface area contributed by atoms with Crippen molar-refractivity contribution >= 4 is 17.6 Å². The molecule has 1 amide bonds. The molecule has 124 valence electrons. The van der Waals surface area contributed by atoms with E-state index in [1.54, 1.807) is 0 Å². The summed E-state index contributed by atoms with van der Waals surface area (Å²) in [7, 11) is 0. The fourth-order valence-electron chi connectivity index (χ4n) is 2.19. The summed E-state index contributed by atoms with van der Waals surface area (Å²) in [6.45, 7) is 1.32. The van der Waals surface area contributed by atoms with Crippen LogP contribution in [0.25, 0.3) is 0 Å². The SMILES string of the molecule is C[C@@H](OC(=O)[C@@H]1CC=CCC1)C(=O)Nc1ccc(F)c(F)c1F. The van der Waals surface area contributed by atoms with Gasteiger partial charge in [-0.2, -0.15) is 0 Å². The fourth-order valence-corrected chi connectivity index (χ4v) is 2.19. The Labute approximate surface area is 131 Å². The molecule has 0 spiro atoms. The van der Waals surface area contributed by atoms with Crippen LogP contribution in [0.5, 0.6) is 0 Å². The molecule has 1 aromatic rings. The Morgan fingerprint density at radius 3 is 2.61 bits per heavy atom. The highest BCUT2D eigenvalue weighted by Crippen LogP contribution is 2.22. The maximum Gasteiger partial charge on any atom is 0.310 e. The van der Waals surface area contributed by atoms with E-state index in [4.69, 9.17) is 4.74 Å². The van der Waals surface area contributed by atoms with Crippen molar-refractivity contribution in [2.24, 2.45) is 5.92 Å². The number of hydrogen-bond donors (Lipinski definition) is 1. The number of hydrogen-bond acceptors (Lipinski definition) is 3. The first-order chi connectivity index (χ1) is 10.9. The van der Waals surface area contributed by atoms with Crippen LogP contribution in [0.1, 0.15) is 26.2 Å². The fraction of sp³-hybridized carbons (Fsp3) is 0.375. The molecule has 23 heavy (non-hydrogen) atoms. The van der Waals surface area contributed by atoms with Gasteiger partial charge in [0, 0.05) is 0 Å². The van der Waals surface area contributed by atoms with Crippen molar-refractivity contribution in [3.63, 3.8) is 0 Å². The Balaban J connectivity index is 1.96. The molecule has 1 aliphatic rings. The summed E-state index contributed by atoms with van der Waals surface area (Å²) in [4.78, 5) is 23.8. The van der Waals surface area contributed by atoms with Crippen LogP contribution in [0, 0.1) is 23.4 Å². The number of carbonyl (C=O) groups is 2. The molecule has 7 heteroatoms. The van der Waals surface area contributed by atoms with Crippen molar-refractivity contribution in [2.45, 2.75) is 32.3 Å². The predicted octanol–water partition coefficient (Wildman–Crippen LogP) is 3.33. The summed E-state index contributed by atoms with van der Waals surface area (Å²) in [6, 6.07) is 1.59. The second-order valence-electron chi connectivity index (χ2n) is 5.27. The summed E-state index contributed by atoms with van der Waals surface area (Å²) in [5, 5.41) is 2.07. The van der Waals surface area contributed by atoms with E-state index in [2.05, 4.69) is 5.32 Å². The van der Waals surface area contributed by atoms with E-state index in [0.29, 0.717) is 18.9 Å². The third kappa shape index (κ3) is 4.12. The van der Waals surface area contributed by atoms with Gasteiger partial charge in [-0.05, 0) is 38.3 Å². The molecule has 2 rings (SSSR count). The maximum absolute atomic E-state index is 13.5. The number of carbonyl (C=O) groups excluding carboxylic acids is 2. The molecule has 0 heterocycles. The lowest BCUT2D eigenvalue weighted by atomic mass is 9.95. The Morgan fingerprint density at radius 1 is 1.22 bits per heavy atom. The van der Waals surface area contributed by atoms with Crippen LogP contribution in [0.15, 0.2) is 24.3 Å². The van der Waals surface area contributed by atoms with Crippen molar-refractivity contribution in [3.05, 3.63) is 41.7 Å². The Kier molecular flexibility index (Phi) is 5.41. The van der Waals surface area contributed by atoms with Crippen molar-refractivity contribution in [3.8, 4) is 0 Å². The summed E-state index contributed by atoms with van der Waals surface area (Å²) < 4.78 is 44.5. The molecule has 0 radical (unpaired) electrons. The topological polar surface area (TPSA) is 55.4 Å². The number of anilines is 1. The minimum atomic E-state index is -1.68. The lowest BCUT2D eigenvalue weighted by Gasteiger charge is -2.19. The van der Waals surface area contributed by atoms with E-state index in [1.807, 2.05) is 12.2 Å². The Hall–Kier alpha value is -2.31. The van der Waals surface area contributed by atoms with Gasteiger partial charge in [0.25, 0.3) is 5.91 Å². The van der Waals surface area contributed by atoms with Gasteiger partial charge in [0.1, 0.15) is 0 Å². The van der Waals surface area contributed by atoms with Gasteiger partial charge in [0.05, 0.1) is 11.6 Å². The lowest BCUT2D eigenvalue weighted by molar-refractivity contribution is -0.157. The first-order valence-corrected chi connectivity index (χ1v) is 7.20. The average molecular weight is 327 g/mol. The van der Waals surface area contributed by atoms with E-state index < -0.39 is 41.1 Å². The second-order valence-corrected chi connectivity index (χ2v) is 5.27. The molecule has 1 aromatic carbocycles. The van der Waals surface area contributed by atoms with Crippen molar-refractivity contribution in [1.29, 1.82) is 0 Å². The predicted molar refractivity (Wildman–Crippen MR) is 77.0 cm³/mol. The highest BCUT2D eigenvalue weighted by molar-refractivity contribution is 5.95. The number of benzene rings is 1. The van der Waals surface area contributed by atoms with E-state index in [0.717, 1.165) is 12.5 Å². The van der Waals surface area contributed by atoms with Crippen molar-refractivity contribution in [2.75, 3.05) is 5.32 Å². The molecule has 0 fully saturated rings. The van der Waals surface area contributed by atoms with Gasteiger partial charge in [-0.3, -0.25) is 9.59 Å². The zero-order valence-corrected chi connectivity index (χ0v) is 12.4. The van der Waals surface area contributed by atoms with Gasteiger partial charge in [-0.1, -0.05) is 12.2 Å². The van der Waals surface area contributed by atoms with Crippen LogP contribution in [-0.2, 0) is 14.3 Å². The van der Waals surface area contributed by atoms with Gasteiger partial charge in [0.2, 0.25) is 0 Å². The summed E-state index contributed by atoms with van der Waals surface area (Å²) in [5.74, 6) is -6.19. The number of nitrogens with one attached hydrogen (secondary N) is 1. The van der Waals surface area contributed by atoms with E-state index in [9.17, 15) is 22.8 Å². The molecular weight excluding hydrogens is 311 g/mol. The van der Waals surface area contributed by atoms with Gasteiger partial charge >= 0.3 is 5.97 Å². The zero-order chi connectivity index (χ0) is 17.0. The first-order valence-electron chi connectivity index (χ1n) is 7.20. The largest absolute Gasteiger partial charge is 0.452 e. The summed E-state index contributed by atoms with van der Waals surface area (Å²) in [6.07, 6.45) is 4.61. The molecule has 1 aliphatic carbocycles. The van der Waals surface area contributed by atoms with Crippen LogP contribution in [0.4, 0.5) is 18.9 Å². The second kappa shape index (κ2) is 7.30. The Bertz CT molecular complexity index is 646. The molecule has 4 nitrogen and oxygen atoms in total. The van der Waals surface area contributed by atoms with E-state index >= 15 is 0 Å². The van der Waals surface area contributed by atoms with Crippen molar-refractivity contribution in [1.82, 2.24) is 0 Å². The van der Waals surface area contributed by atoms with Gasteiger partial charge < -0.3 is 10.1 Å². The molecule has 0 unspecified atom stereocenters. The quantitative estimate of drug-likeness (QED) is 0.524. The number of ether oxygens (including phenoxy) is 1. The van der Waals surface area contributed by atoms with E-state index in [1.165, 1.54) is 6.92 Å². The number of halogens is 3. The van der Waals surface area contributed by atoms with Crippen LogP contribution in [0.2, 0.25) is 0 Å². The van der Waals surface area contributed by atoms with Crippen LogP contribution >= 0.6 is 0 Å². The molecule has 0 saturated carbocycles. The molecule has 1 N–H and O–H groups in total. The Morgan fingerprint density at radius 2 is 1.96 bits per heavy atom. The monoisotopic (exact) mass is 327 g/mol. The maximum atomic E-state index is 13.5. The third-order valence-corrected chi connectivity index (χ3v) is 3.56. The lowest BCUT2D eigenvalue weighted by Crippen LogP contribution is -2.32. The average Bonchev–Trinajstić information content (AvgIpc) is 2.56. The highest BCUT2D eigenvalue weighted by atomic mass is 19.2.